The van der Waals surface area contributed by atoms with Crippen molar-refractivity contribution in [3.8, 4) is 17.2 Å². The number of rotatable bonds is 6. The number of para-hydroxylation sites is 1. The number of aryl methyl sites for hydroxylation is 1. The molecule has 0 saturated carbocycles. The molecule has 0 aliphatic carbocycles. The third kappa shape index (κ3) is 4.11. The lowest BCUT2D eigenvalue weighted by molar-refractivity contribution is -0.121. The molecular weight excluding hydrogens is 374 g/mol. The molecule has 0 aliphatic rings. The van der Waals surface area contributed by atoms with Crippen LogP contribution in [-0.4, -0.2) is 37.7 Å². The first kappa shape index (κ1) is 20.1. The summed E-state index contributed by atoms with van der Waals surface area (Å²) in [5, 5.41) is 0.811. The molecule has 0 atom stereocenters. The molecule has 8 nitrogen and oxygen atoms in total. The van der Waals surface area contributed by atoms with Crippen LogP contribution in [-0.2, 0) is 18.3 Å². The first-order valence-corrected chi connectivity index (χ1v) is 8.90. The number of aromatic nitrogens is 1. The molecule has 0 spiro atoms. The monoisotopic (exact) mass is 397 g/mol. The van der Waals surface area contributed by atoms with Crippen LogP contribution in [0.5, 0.6) is 17.2 Å². The highest BCUT2D eigenvalue weighted by Gasteiger charge is 2.17. The number of fused-ring (bicyclic) bond motifs is 1. The van der Waals surface area contributed by atoms with E-state index in [0.717, 1.165) is 10.9 Å². The maximum atomic E-state index is 12.5. The standard InChI is InChI=1S/C21H23N3O5/c1-24-12-15(14-7-5-6-8-16(14)24)21(26)23-22-19(25)11-13-9-17(27-2)20(29-4)18(10-13)28-3/h5-10,12H,11H2,1-4H3,(H,22,25)(H,23,26). The highest BCUT2D eigenvalue weighted by Crippen LogP contribution is 2.38. The van der Waals surface area contributed by atoms with Gasteiger partial charge in [0.1, 0.15) is 0 Å². The lowest BCUT2D eigenvalue weighted by Gasteiger charge is -2.14. The quantitative estimate of drug-likeness (QED) is 0.623. The smallest absolute Gasteiger partial charge is 0.271 e. The number of amides is 2. The van der Waals surface area contributed by atoms with Crippen LogP contribution in [0.25, 0.3) is 10.9 Å². The third-order valence-electron chi connectivity index (χ3n) is 4.55. The maximum Gasteiger partial charge on any atom is 0.271 e. The van der Waals surface area contributed by atoms with Crippen molar-refractivity contribution in [1.82, 2.24) is 15.4 Å². The zero-order valence-electron chi connectivity index (χ0n) is 16.7. The summed E-state index contributed by atoms with van der Waals surface area (Å²) in [4.78, 5) is 24.8. The van der Waals surface area contributed by atoms with E-state index in [9.17, 15) is 9.59 Å². The zero-order valence-corrected chi connectivity index (χ0v) is 16.7. The Morgan fingerprint density at radius 2 is 1.62 bits per heavy atom. The van der Waals surface area contributed by atoms with Gasteiger partial charge in [-0.3, -0.25) is 20.4 Å². The Morgan fingerprint density at radius 1 is 0.966 bits per heavy atom. The van der Waals surface area contributed by atoms with Gasteiger partial charge in [-0.05, 0) is 23.8 Å². The van der Waals surface area contributed by atoms with Crippen LogP contribution in [0.15, 0.2) is 42.6 Å². The molecule has 3 aromatic rings. The van der Waals surface area contributed by atoms with E-state index in [2.05, 4.69) is 10.9 Å². The van der Waals surface area contributed by atoms with E-state index in [1.54, 1.807) is 18.3 Å². The van der Waals surface area contributed by atoms with Crippen molar-refractivity contribution >= 4 is 22.7 Å². The second-order valence-electron chi connectivity index (χ2n) is 6.38. The van der Waals surface area contributed by atoms with Gasteiger partial charge in [-0.25, -0.2) is 0 Å². The molecule has 0 aliphatic heterocycles. The van der Waals surface area contributed by atoms with Crippen molar-refractivity contribution < 1.29 is 23.8 Å². The van der Waals surface area contributed by atoms with Gasteiger partial charge in [0.05, 0.1) is 33.3 Å². The van der Waals surface area contributed by atoms with Crippen LogP contribution < -0.4 is 25.1 Å². The third-order valence-corrected chi connectivity index (χ3v) is 4.55. The lowest BCUT2D eigenvalue weighted by Crippen LogP contribution is -2.42. The molecule has 8 heteroatoms. The lowest BCUT2D eigenvalue weighted by atomic mass is 10.1. The number of benzene rings is 2. The van der Waals surface area contributed by atoms with Gasteiger partial charge in [0.2, 0.25) is 11.7 Å². The van der Waals surface area contributed by atoms with E-state index in [-0.39, 0.29) is 18.2 Å². The van der Waals surface area contributed by atoms with E-state index >= 15 is 0 Å². The van der Waals surface area contributed by atoms with Crippen LogP contribution in [0.1, 0.15) is 15.9 Å². The van der Waals surface area contributed by atoms with Crippen molar-refractivity contribution in [2.45, 2.75) is 6.42 Å². The molecule has 3 rings (SSSR count). The number of nitrogens with one attached hydrogen (secondary N) is 2. The Morgan fingerprint density at radius 3 is 2.24 bits per heavy atom. The second kappa shape index (κ2) is 8.55. The minimum atomic E-state index is -0.389. The number of carbonyl (C=O) groups excluding carboxylic acids is 2. The molecule has 152 valence electrons. The van der Waals surface area contributed by atoms with E-state index in [0.29, 0.717) is 28.4 Å². The van der Waals surface area contributed by atoms with Crippen LogP contribution in [0.2, 0.25) is 0 Å². The summed E-state index contributed by atoms with van der Waals surface area (Å²) in [5.41, 5.74) is 6.98. The van der Waals surface area contributed by atoms with E-state index in [4.69, 9.17) is 14.2 Å². The van der Waals surface area contributed by atoms with Gasteiger partial charge in [-0.15, -0.1) is 0 Å². The topological polar surface area (TPSA) is 90.8 Å². The SMILES string of the molecule is COc1cc(CC(=O)NNC(=O)c2cn(C)c3ccccc23)cc(OC)c1OC. The van der Waals surface area contributed by atoms with Gasteiger partial charge < -0.3 is 18.8 Å². The van der Waals surface area contributed by atoms with Gasteiger partial charge in [-0.2, -0.15) is 0 Å². The molecule has 0 unspecified atom stereocenters. The van der Waals surface area contributed by atoms with Crippen molar-refractivity contribution in [3.05, 3.63) is 53.7 Å². The summed E-state index contributed by atoms with van der Waals surface area (Å²) in [6.45, 7) is 0. The highest BCUT2D eigenvalue weighted by molar-refractivity contribution is 6.07. The molecule has 2 aromatic carbocycles. The number of carbonyl (C=O) groups is 2. The van der Waals surface area contributed by atoms with Crippen LogP contribution >= 0.6 is 0 Å². The average molecular weight is 397 g/mol. The Kier molecular flexibility index (Phi) is 5.92. The molecule has 2 amide bonds. The summed E-state index contributed by atoms with van der Waals surface area (Å²) >= 11 is 0. The predicted molar refractivity (Wildman–Crippen MR) is 108 cm³/mol. The maximum absolute atomic E-state index is 12.5. The number of ether oxygens (including phenoxy) is 3. The molecule has 0 fully saturated rings. The Balaban J connectivity index is 1.69. The van der Waals surface area contributed by atoms with Gasteiger partial charge in [0.25, 0.3) is 5.91 Å². The van der Waals surface area contributed by atoms with E-state index in [1.807, 2.05) is 35.9 Å². The fourth-order valence-electron chi connectivity index (χ4n) is 3.18. The first-order chi connectivity index (χ1) is 14.0. The minimum absolute atomic E-state index is 0.0204. The number of hydrogen-bond acceptors (Lipinski definition) is 5. The number of nitrogens with zero attached hydrogens (tertiary/aromatic N) is 1. The summed E-state index contributed by atoms with van der Waals surface area (Å²) in [5.74, 6) is 0.584. The molecular formula is C21H23N3O5. The molecule has 0 radical (unpaired) electrons. The molecule has 0 saturated heterocycles. The van der Waals surface area contributed by atoms with Crippen molar-refractivity contribution in [1.29, 1.82) is 0 Å². The first-order valence-electron chi connectivity index (χ1n) is 8.90. The fourth-order valence-corrected chi connectivity index (χ4v) is 3.18. The zero-order chi connectivity index (χ0) is 21.0. The number of hydrazine groups is 1. The predicted octanol–water partition coefficient (Wildman–Crippen LogP) is 2.21. The van der Waals surface area contributed by atoms with Crippen molar-refractivity contribution in [2.24, 2.45) is 7.05 Å². The summed E-state index contributed by atoms with van der Waals surface area (Å²) in [6, 6.07) is 10.9. The molecule has 1 heterocycles. The van der Waals surface area contributed by atoms with Gasteiger partial charge in [0.15, 0.2) is 11.5 Å². The fraction of sp³-hybridized carbons (Fsp3) is 0.238. The minimum Gasteiger partial charge on any atom is -0.493 e. The molecule has 0 bridgehead atoms. The summed E-state index contributed by atoms with van der Waals surface area (Å²) in [7, 11) is 6.38. The second-order valence-corrected chi connectivity index (χ2v) is 6.38. The van der Waals surface area contributed by atoms with Crippen LogP contribution in [0.4, 0.5) is 0 Å². The van der Waals surface area contributed by atoms with Crippen LogP contribution in [0.3, 0.4) is 0 Å². The number of hydrogen-bond donors (Lipinski definition) is 2. The normalized spacial score (nSPS) is 10.5. The molecule has 29 heavy (non-hydrogen) atoms. The van der Waals surface area contributed by atoms with Crippen LogP contribution in [0, 0.1) is 0 Å². The largest absolute Gasteiger partial charge is 0.493 e. The Bertz CT molecular complexity index is 1030. The molecule has 2 N–H and O–H groups in total. The summed E-state index contributed by atoms with van der Waals surface area (Å²) < 4.78 is 17.7. The van der Waals surface area contributed by atoms with E-state index in [1.165, 1.54) is 21.3 Å². The van der Waals surface area contributed by atoms with Crippen molar-refractivity contribution in [2.75, 3.05) is 21.3 Å². The average Bonchev–Trinajstić information content (AvgIpc) is 3.08. The Labute approximate surface area is 168 Å². The Hall–Kier alpha value is -3.68. The molecule has 1 aromatic heterocycles. The number of methoxy groups -OCH3 is 3. The van der Waals surface area contributed by atoms with Crippen molar-refractivity contribution in [3.63, 3.8) is 0 Å². The van der Waals surface area contributed by atoms with E-state index < -0.39 is 0 Å². The summed E-state index contributed by atoms with van der Waals surface area (Å²) in [6.07, 6.45) is 1.75. The van der Waals surface area contributed by atoms with Gasteiger partial charge in [0, 0.05) is 24.1 Å². The van der Waals surface area contributed by atoms with Gasteiger partial charge in [-0.1, -0.05) is 18.2 Å². The van der Waals surface area contributed by atoms with Gasteiger partial charge >= 0.3 is 0 Å². The highest BCUT2D eigenvalue weighted by atomic mass is 16.5.